The molecule has 0 amide bonds. The average Bonchev–Trinajstić information content (AvgIpc) is 2.73. The third-order valence-electron chi connectivity index (χ3n) is 7.04. The van der Waals surface area contributed by atoms with Crippen molar-refractivity contribution in [2.24, 2.45) is 11.8 Å². The molecule has 1 aromatic carbocycles. The van der Waals surface area contributed by atoms with Crippen LogP contribution in [-0.4, -0.2) is 18.6 Å². The first-order valence-electron chi connectivity index (χ1n) is 11.7. The minimum atomic E-state index is -2.62. The van der Waals surface area contributed by atoms with Crippen molar-refractivity contribution in [2.75, 3.05) is 6.61 Å². The first-order valence-corrected chi connectivity index (χ1v) is 11.7. The molecule has 0 heterocycles. The van der Waals surface area contributed by atoms with E-state index in [1.807, 2.05) is 0 Å². The molecule has 3 rings (SSSR count). The zero-order valence-corrected chi connectivity index (χ0v) is 18.1. The maximum absolute atomic E-state index is 14.1. The molecule has 2 atom stereocenters. The van der Waals surface area contributed by atoms with Crippen molar-refractivity contribution < 1.29 is 13.5 Å². The Morgan fingerprint density at radius 1 is 1.03 bits per heavy atom. The normalized spacial score (nSPS) is 29.5. The molecule has 3 heteroatoms. The van der Waals surface area contributed by atoms with Crippen molar-refractivity contribution in [2.45, 2.75) is 95.5 Å². The topological polar surface area (TPSA) is 9.23 Å². The molecule has 0 radical (unpaired) electrons. The van der Waals surface area contributed by atoms with Gasteiger partial charge < -0.3 is 4.74 Å². The van der Waals surface area contributed by atoms with Crippen molar-refractivity contribution in [1.29, 1.82) is 0 Å². The lowest BCUT2D eigenvalue weighted by molar-refractivity contribution is -0.103. The maximum Gasteiger partial charge on any atom is 0.254 e. The molecule has 0 saturated heterocycles. The van der Waals surface area contributed by atoms with Crippen molar-refractivity contribution >= 4 is 0 Å². The molecular formula is C26H38F2O. The summed E-state index contributed by atoms with van der Waals surface area (Å²) in [6.45, 7) is 6.30. The molecular weight excluding hydrogens is 366 g/mol. The second kappa shape index (κ2) is 10.7. The summed E-state index contributed by atoms with van der Waals surface area (Å²) in [5.41, 5.74) is 2.90. The number of benzene rings is 1. The second-order valence-electron chi connectivity index (χ2n) is 9.26. The number of aryl methyl sites for hydroxylation is 1. The standard InChI is InChI=1S/C26H38F2O/c1-3-5-6-7-20-8-11-22(12-9-20)23-13-16-25(17-14-23)29-19-21-10-15-24(4-2)26(27,28)18-21/h4,8-9,11-12,21,23-25H,2-3,5-7,10,13-19H2,1H3. The SMILES string of the molecule is C=CC1CCC(COC2CCC(c3ccc(CCCCC)cc3)CC2)CC1(F)F. The number of rotatable bonds is 9. The summed E-state index contributed by atoms with van der Waals surface area (Å²) in [7, 11) is 0. The molecule has 2 saturated carbocycles. The van der Waals surface area contributed by atoms with Crippen LogP contribution in [0.3, 0.4) is 0 Å². The number of ether oxygens (including phenoxy) is 1. The summed E-state index contributed by atoms with van der Waals surface area (Å²) < 4.78 is 34.3. The summed E-state index contributed by atoms with van der Waals surface area (Å²) in [5, 5.41) is 0. The van der Waals surface area contributed by atoms with Crippen molar-refractivity contribution in [1.82, 2.24) is 0 Å². The third kappa shape index (κ3) is 6.38. The van der Waals surface area contributed by atoms with Gasteiger partial charge in [0.25, 0.3) is 5.92 Å². The first-order chi connectivity index (χ1) is 14.0. The zero-order chi connectivity index (χ0) is 20.7. The fraction of sp³-hybridized carbons (Fsp3) is 0.692. The molecule has 1 nitrogen and oxygen atoms in total. The summed E-state index contributed by atoms with van der Waals surface area (Å²) in [6.07, 6.45) is 12.4. The highest BCUT2D eigenvalue weighted by molar-refractivity contribution is 5.26. The molecule has 29 heavy (non-hydrogen) atoms. The van der Waals surface area contributed by atoms with Gasteiger partial charge in [-0.1, -0.05) is 50.1 Å². The van der Waals surface area contributed by atoms with Crippen molar-refractivity contribution in [3.8, 4) is 0 Å². The van der Waals surface area contributed by atoms with E-state index in [2.05, 4.69) is 37.8 Å². The number of unbranched alkanes of at least 4 members (excludes halogenated alkanes) is 2. The maximum atomic E-state index is 14.1. The monoisotopic (exact) mass is 404 g/mol. The van der Waals surface area contributed by atoms with E-state index in [1.165, 1.54) is 42.9 Å². The van der Waals surface area contributed by atoms with Gasteiger partial charge in [0, 0.05) is 18.9 Å². The van der Waals surface area contributed by atoms with E-state index < -0.39 is 11.8 Å². The van der Waals surface area contributed by atoms with Crippen LogP contribution in [0, 0.1) is 11.8 Å². The van der Waals surface area contributed by atoms with Crippen LogP contribution in [-0.2, 0) is 11.2 Å². The van der Waals surface area contributed by atoms with E-state index in [9.17, 15) is 8.78 Å². The molecule has 0 bridgehead atoms. The summed E-state index contributed by atoms with van der Waals surface area (Å²) in [4.78, 5) is 0. The lowest BCUT2D eigenvalue weighted by atomic mass is 9.79. The summed E-state index contributed by atoms with van der Waals surface area (Å²) >= 11 is 0. The number of halogens is 2. The Hall–Kier alpha value is -1.22. The van der Waals surface area contributed by atoms with Crippen LogP contribution in [0.2, 0.25) is 0 Å². The number of allylic oxidation sites excluding steroid dienone is 1. The van der Waals surface area contributed by atoms with Gasteiger partial charge in [-0.3, -0.25) is 0 Å². The average molecular weight is 405 g/mol. The van der Waals surface area contributed by atoms with Gasteiger partial charge >= 0.3 is 0 Å². The van der Waals surface area contributed by atoms with Crippen LogP contribution in [0.25, 0.3) is 0 Å². The van der Waals surface area contributed by atoms with E-state index in [0.29, 0.717) is 18.9 Å². The predicted molar refractivity (Wildman–Crippen MR) is 117 cm³/mol. The minimum absolute atomic E-state index is 0.0147. The molecule has 2 aliphatic rings. The molecule has 2 unspecified atom stereocenters. The Labute approximate surface area is 175 Å². The van der Waals surface area contributed by atoms with E-state index in [-0.39, 0.29) is 18.4 Å². The zero-order valence-electron chi connectivity index (χ0n) is 18.1. The minimum Gasteiger partial charge on any atom is -0.378 e. The van der Waals surface area contributed by atoms with Gasteiger partial charge in [-0.25, -0.2) is 8.78 Å². The smallest absolute Gasteiger partial charge is 0.254 e. The predicted octanol–water partition coefficient (Wildman–Crippen LogP) is 7.70. The fourth-order valence-electron chi connectivity index (χ4n) is 5.07. The van der Waals surface area contributed by atoms with E-state index in [4.69, 9.17) is 4.74 Å². The van der Waals surface area contributed by atoms with Crippen LogP contribution in [0.1, 0.15) is 88.2 Å². The van der Waals surface area contributed by atoms with Gasteiger partial charge in [0.15, 0.2) is 0 Å². The van der Waals surface area contributed by atoms with E-state index in [0.717, 1.165) is 32.1 Å². The lowest BCUT2D eigenvalue weighted by Gasteiger charge is -2.35. The van der Waals surface area contributed by atoms with Gasteiger partial charge in [0.1, 0.15) is 0 Å². The lowest BCUT2D eigenvalue weighted by Crippen LogP contribution is -2.36. The van der Waals surface area contributed by atoms with Crippen molar-refractivity contribution in [3.05, 3.63) is 48.0 Å². The number of hydrogen-bond donors (Lipinski definition) is 0. The molecule has 0 aromatic heterocycles. The van der Waals surface area contributed by atoms with Gasteiger partial charge in [-0.05, 0) is 74.3 Å². The molecule has 0 spiro atoms. The Bertz CT molecular complexity index is 616. The van der Waals surface area contributed by atoms with Crippen LogP contribution in [0.5, 0.6) is 0 Å². The molecule has 1 aromatic rings. The summed E-state index contributed by atoms with van der Waals surface area (Å²) in [6, 6.07) is 9.22. The Kier molecular flexibility index (Phi) is 8.29. The Morgan fingerprint density at radius 2 is 1.76 bits per heavy atom. The Morgan fingerprint density at radius 3 is 2.38 bits per heavy atom. The molecule has 162 valence electrons. The highest BCUT2D eigenvalue weighted by atomic mass is 19.3. The molecule has 0 N–H and O–H groups in total. The number of hydrogen-bond acceptors (Lipinski definition) is 1. The van der Waals surface area contributed by atoms with Crippen LogP contribution >= 0.6 is 0 Å². The highest BCUT2D eigenvalue weighted by Gasteiger charge is 2.43. The number of alkyl halides is 2. The Balaban J connectivity index is 1.39. The quantitative estimate of drug-likeness (QED) is 0.303. The van der Waals surface area contributed by atoms with Crippen molar-refractivity contribution in [3.63, 3.8) is 0 Å². The molecule has 0 aliphatic heterocycles. The fourth-order valence-corrected chi connectivity index (χ4v) is 5.07. The molecule has 2 aliphatic carbocycles. The van der Waals surface area contributed by atoms with E-state index in [1.54, 1.807) is 0 Å². The highest BCUT2D eigenvalue weighted by Crippen LogP contribution is 2.42. The summed E-state index contributed by atoms with van der Waals surface area (Å²) in [5.74, 6) is -2.67. The largest absolute Gasteiger partial charge is 0.378 e. The van der Waals surface area contributed by atoms with E-state index >= 15 is 0 Å². The third-order valence-corrected chi connectivity index (χ3v) is 7.04. The van der Waals surface area contributed by atoms with Crippen LogP contribution in [0.4, 0.5) is 8.78 Å². The molecule has 2 fully saturated rings. The van der Waals surface area contributed by atoms with Gasteiger partial charge in [0.2, 0.25) is 0 Å². The van der Waals surface area contributed by atoms with Crippen LogP contribution in [0.15, 0.2) is 36.9 Å². The second-order valence-corrected chi connectivity index (χ2v) is 9.26. The van der Waals surface area contributed by atoms with Gasteiger partial charge in [0.05, 0.1) is 6.10 Å². The van der Waals surface area contributed by atoms with Gasteiger partial charge in [-0.15, -0.1) is 6.58 Å². The van der Waals surface area contributed by atoms with Gasteiger partial charge in [-0.2, -0.15) is 0 Å². The van der Waals surface area contributed by atoms with Crippen LogP contribution < -0.4 is 0 Å². The first kappa shape index (κ1) is 22.5.